The number of Topliss-reactive ketones (excluding diaryl/α,β-unsaturated/α-hetero) is 1. The lowest BCUT2D eigenvalue weighted by Gasteiger charge is -2.47. The number of ketones is 1. The van der Waals surface area contributed by atoms with Gasteiger partial charge in [0.05, 0.1) is 21.9 Å². The van der Waals surface area contributed by atoms with Gasteiger partial charge in [-0.15, -0.1) is 0 Å². The first-order valence-corrected chi connectivity index (χ1v) is 11.9. The first-order chi connectivity index (χ1) is 18.5. The predicted octanol–water partition coefficient (Wildman–Crippen LogP) is 4.43. The zero-order chi connectivity index (χ0) is 28.4. The SMILES string of the molecule is O=C(O)C1C(=O)C(C(=O)O)[C@H](c2cccc([N+](=O)[O-])c2)N(Cc2ccc(Cl)cc2)[C@@H]1c1cccc([N+](=O)[O-])c1. The van der Waals surface area contributed by atoms with Crippen molar-refractivity contribution in [3.05, 3.63) is 115 Å². The van der Waals surface area contributed by atoms with E-state index in [1.807, 2.05) is 0 Å². The third-order valence-corrected chi connectivity index (χ3v) is 6.87. The first-order valence-electron chi connectivity index (χ1n) is 11.5. The lowest BCUT2D eigenvalue weighted by atomic mass is 9.72. The highest BCUT2D eigenvalue weighted by Crippen LogP contribution is 2.48. The van der Waals surface area contributed by atoms with Crippen LogP contribution in [-0.2, 0) is 20.9 Å². The standard InChI is InChI=1S/C26H20ClN3O9/c27-17-9-7-14(8-10-17)13-28-22(15-3-1-5-18(11-15)29(36)37)20(25(32)33)24(31)21(26(34)35)23(28)16-4-2-6-19(12-16)30(38)39/h1-12,20-23H,13H2,(H,32,33)(H,34,35)/t20?,21?,22-,23+. The number of nitrogens with zero attached hydrogens (tertiary/aromatic N) is 3. The van der Waals surface area contributed by atoms with E-state index < -0.39 is 51.5 Å². The van der Waals surface area contributed by atoms with Gasteiger partial charge in [0.15, 0.2) is 5.78 Å². The summed E-state index contributed by atoms with van der Waals surface area (Å²) in [5.74, 6) is -8.16. The molecule has 1 heterocycles. The second-order valence-electron chi connectivity index (χ2n) is 8.93. The summed E-state index contributed by atoms with van der Waals surface area (Å²) in [5, 5.41) is 43.7. The Kier molecular flexibility index (Phi) is 7.70. The smallest absolute Gasteiger partial charge is 0.316 e. The monoisotopic (exact) mass is 553 g/mol. The van der Waals surface area contributed by atoms with E-state index in [9.17, 15) is 44.8 Å². The number of carbonyl (C=O) groups excluding carboxylic acids is 1. The van der Waals surface area contributed by atoms with Crippen LogP contribution in [0.4, 0.5) is 11.4 Å². The fourth-order valence-electron chi connectivity index (χ4n) is 4.98. The molecule has 1 aliphatic rings. The summed E-state index contributed by atoms with van der Waals surface area (Å²) in [6.07, 6.45) is 0. The van der Waals surface area contributed by atoms with Crippen molar-refractivity contribution in [1.29, 1.82) is 0 Å². The van der Waals surface area contributed by atoms with E-state index in [4.69, 9.17) is 11.6 Å². The quantitative estimate of drug-likeness (QED) is 0.230. The van der Waals surface area contributed by atoms with E-state index in [0.717, 1.165) is 12.1 Å². The van der Waals surface area contributed by atoms with Gasteiger partial charge in [0.2, 0.25) is 0 Å². The molecule has 12 nitrogen and oxygen atoms in total. The van der Waals surface area contributed by atoms with E-state index in [-0.39, 0.29) is 29.0 Å². The number of nitro groups is 2. The van der Waals surface area contributed by atoms with Crippen LogP contribution in [0.3, 0.4) is 0 Å². The Morgan fingerprint density at radius 3 is 1.62 bits per heavy atom. The largest absolute Gasteiger partial charge is 0.481 e. The number of benzene rings is 3. The fourth-order valence-corrected chi connectivity index (χ4v) is 5.11. The maximum atomic E-state index is 13.6. The molecule has 0 saturated carbocycles. The summed E-state index contributed by atoms with van der Waals surface area (Å²) < 4.78 is 0. The van der Waals surface area contributed by atoms with Crippen molar-refractivity contribution < 1.29 is 34.4 Å². The Balaban J connectivity index is 2.01. The number of halogens is 1. The van der Waals surface area contributed by atoms with Crippen LogP contribution in [0.25, 0.3) is 0 Å². The van der Waals surface area contributed by atoms with Gasteiger partial charge in [0.25, 0.3) is 11.4 Å². The molecule has 2 unspecified atom stereocenters. The van der Waals surface area contributed by atoms with Crippen molar-refractivity contribution in [1.82, 2.24) is 4.90 Å². The maximum absolute atomic E-state index is 13.6. The molecule has 1 fully saturated rings. The number of carboxylic acids is 2. The minimum absolute atomic E-state index is 0.0955. The van der Waals surface area contributed by atoms with Gasteiger partial charge < -0.3 is 10.2 Å². The number of hydrogen-bond acceptors (Lipinski definition) is 8. The summed E-state index contributed by atoms with van der Waals surface area (Å²) >= 11 is 6.00. The van der Waals surface area contributed by atoms with Crippen molar-refractivity contribution in [2.24, 2.45) is 11.8 Å². The van der Waals surface area contributed by atoms with Crippen molar-refractivity contribution >= 4 is 40.7 Å². The van der Waals surface area contributed by atoms with Gasteiger partial charge >= 0.3 is 11.9 Å². The Labute approximate surface area is 225 Å². The molecule has 0 radical (unpaired) electrons. The molecule has 0 aliphatic carbocycles. The topological polar surface area (TPSA) is 181 Å². The Hall–Kier alpha value is -4.68. The van der Waals surface area contributed by atoms with Crippen LogP contribution in [0, 0.1) is 32.1 Å². The molecular formula is C26H20ClN3O9. The highest BCUT2D eigenvalue weighted by molar-refractivity contribution is 6.30. The summed E-state index contributed by atoms with van der Waals surface area (Å²) in [6, 6.07) is 13.9. The molecule has 3 aromatic carbocycles. The van der Waals surface area contributed by atoms with E-state index in [1.165, 1.54) is 41.3 Å². The second-order valence-corrected chi connectivity index (χ2v) is 9.36. The number of aliphatic carboxylic acids is 2. The summed E-state index contributed by atoms with van der Waals surface area (Å²) in [6.45, 7) is -0.112. The molecule has 13 heteroatoms. The third kappa shape index (κ3) is 5.47. The van der Waals surface area contributed by atoms with Crippen LogP contribution in [0.2, 0.25) is 5.02 Å². The fraction of sp³-hybridized carbons (Fsp3) is 0.192. The molecule has 4 atom stereocenters. The molecule has 1 saturated heterocycles. The van der Waals surface area contributed by atoms with Gasteiger partial charge in [0, 0.05) is 35.8 Å². The average molecular weight is 554 g/mol. The van der Waals surface area contributed by atoms with Crippen molar-refractivity contribution in [3.8, 4) is 0 Å². The van der Waals surface area contributed by atoms with Gasteiger partial charge in [-0.1, -0.05) is 48.0 Å². The molecule has 0 aromatic heterocycles. The Bertz CT molecular complexity index is 1390. The number of rotatable bonds is 8. The highest BCUT2D eigenvalue weighted by Gasteiger charge is 2.55. The number of carbonyl (C=O) groups is 3. The lowest BCUT2D eigenvalue weighted by Crippen LogP contribution is -2.55. The zero-order valence-corrected chi connectivity index (χ0v) is 20.7. The van der Waals surface area contributed by atoms with Crippen LogP contribution < -0.4 is 0 Å². The number of hydrogen-bond donors (Lipinski definition) is 2. The van der Waals surface area contributed by atoms with E-state index in [2.05, 4.69) is 0 Å². The number of carboxylic acid groups (broad SMARTS) is 2. The molecule has 0 bridgehead atoms. The van der Waals surface area contributed by atoms with E-state index in [1.54, 1.807) is 24.3 Å². The summed E-state index contributed by atoms with van der Waals surface area (Å²) in [7, 11) is 0. The minimum atomic E-state index is -1.91. The third-order valence-electron chi connectivity index (χ3n) is 6.61. The van der Waals surface area contributed by atoms with Crippen LogP contribution in [-0.4, -0.2) is 42.7 Å². The molecule has 4 rings (SSSR count). The molecule has 0 amide bonds. The second kappa shape index (κ2) is 11.0. The summed E-state index contributed by atoms with van der Waals surface area (Å²) in [5.41, 5.74) is 0.0369. The van der Waals surface area contributed by atoms with Crippen LogP contribution in [0.5, 0.6) is 0 Å². The van der Waals surface area contributed by atoms with Crippen LogP contribution in [0.15, 0.2) is 72.8 Å². The lowest BCUT2D eigenvalue weighted by molar-refractivity contribution is -0.385. The molecular weight excluding hydrogens is 534 g/mol. The summed E-state index contributed by atoms with van der Waals surface area (Å²) in [4.78, 5) is 61.7. The molecule has 1 aliphatic heterocycles. The molecule has 200 valence electrons. The van der Waals surface area contributed by atoms with Gasteiger partial charge in [-0.2, -0.15) is 0 Å². The molecule has 3 aromatic rings. The van der Waals surface area contributed by atoms with E-state index in [0.29, 0.717) is 10.6 Å². The average Bonchev–Trinajstić information content (AvgIpc) is 2.89. The molecule has 0 spiro atoms. The van der Waals surface area contributed by atoms with Crippen molar-refractivity contribution in [2.45, 2.75) is 18.6 Å². The van der Waals surface area contributed by atoms with E-state index >= 15 is 0 Å². The normalized spacial score (nSPS) is 21.3. The number of likely N-dealkylation sites (tertiary alicyclic amines) is 1. The zero-order valence-electron chi connectivity index (χ0n) is 19.9. The number of nitro benzene ring substituents is 2. The van der Waals surface area contributed by atoms with Gasteiger partial charge in [0.1, 0.15) is 11.8 Å². The minimum Gasteiger partial charge on any atom is -0.481 e. The predicted molar refractivity (Wildman–Crippen MR) is 136 cm³/mol. The van der Waals surface area contributed by atoms with Crippen molar-refractivity contribution in [2.75, 3.05) is 0 Å². The number of piperidine rings is 1. The Morgan fingerprint density at radius 2 is 1.23 bits per heavy atom. The Morgan fingerprint density at radius 1 is 0.795 bits per heavy atom. The van der Waals surface area contributed by atoms with Gasteiger partial charge in [-0.05, 0) is 28.8 Å². The number of non-ortho nitro benzene ring substituents is 2. The van der Waals surface area contributed by atoms with Gasteiger partial charge in [-0.3, -0.25) is 39.5 Å². The van der Waals surface area contributed by atoms with Crippen LogP contribution >= 0.6 is 11.6 Å². The van der Waals surface area contributed by atoms with Crippen LogP contribution in [0.1, 0.15) is 28.8 Å². The molecule has 39 heavy (non-hydrogen) atoms. The first kappa shape index (κ1) is 27.4. The maximum Gasteiger partial charge on any atom is 0.316 e. The highest BCUT2D eigenvalue weighted by atomic mass is 35.5. The van der Waals surface area contributed by atoms with Gasteiger partial charge in [-0.25, -0.2) is 0 Å². The molecule has 2 N–H and O–H groups in total. The van der Waals surface area contributed by atoms with Crippen molar-refractivity contribution in [3.63, 3.8) is 0 Å².